The van der Waals surface area contributed by atoms with Gasteiger partial charge in [0.15, 0.2) is 0 Å². The van der Waals surface area contributed by atoms with Crippen LogP contribution in [0.25, 0.3) is 10.9 Å². The van der Waals surface area contributed by atoms with Gasteiger partial charge in [-0.05, 0) is 47.5 Å². The minimum absolute atomic E-state index is 0.192. The summed E-state index contributed by atoms with van der Waals surface area (Å²) in [5.41, 5.74) is 3.62. The standard InChI is InChI=1S/C24H19ClN2O3/c25-20-11-7-17(8-12-20)15-27-21-4-2-1-3-19(21)13-22(27)23(28)26-14-16-5-9-18(10-6-16)24(29)30/h1-13H,14-15H2,(H,26,28)(H,29,30). The van der Waals surface area contributed by atoms with E-state index < -0.39 is 5.97 Å². The number of carboxylic acids is 1. The lowest BCUT2D eigenvalue weighted by Crippen LogP contribution is -2.25. The van der Waals surface area contributed by atoms with Crippen LogP contribution < -0.4 is 5.32 Å². The molecule has 4 rings (SSSR count). The number of carboxylic acid groups (broad SMARTS) is 1. The van der Waals surface area contributed by atoms with Gasteiger partial charge in [0.05, 0.1) is 5.56 Å². The van der Waals surface area contributed by atoms with Crippen molar-refractivity contribution in [3.8, 4) is 0 Å². The summed E-state index contributed by atoms with van der Waals surface area (Å²) < 4.78 is 1.99. The van der Waals surface area contributed by atoms with Crippen molar-refractivity contribution in [1.29, 1.82) is 0 Å². The van der Waals surface area contributed by atoms with Crippen LogP contribution in [-0.4, -0.2) is 21.6 Å². The smallest absolute Gasteiger partial charge is 0.335 e. The van der Waals surface area contributed by atoms with Crippen LogP contribution in [0.4, 0.5) is 0 Å². The molecule has 3 aromatic carbocycles. The van der Waals surface area contributed by atoms with Crippen molar-refractivity contribution >= 4 is 34.4 Å². The number of amides is 1. The Hall–Kier alpha value is -3.57. The fraction of sp³-hybridized carbons (Fsp3) is 0.0833. The Morgan fingerprint density at radius 1 is 0.900 bits per heavy atom. The van der Waals surface area contributed by atoms with E-state index in [-0.39, 0.29) is 11.5 Å². The highest BCUT2D eigenvalue weighted by Gasteiger charge is 2.16. The molecule has 0 fully saturated rings. The number of carbonyl (C=O) groups is 2. The van der Waals surface area contributed by atoms with Gasteiger partial charge in [0.25, 0.3) is 5.91 Å². The molecule has 0 aliphatic rings. The highest BCUT2D eigenvalue weighted by Crippen LogP contribution is 2.22. The molecular weight excluding hydrogens is 400 g/mol. The van der Waals surface area contributed by atoms with Crippen LogP contribution in [0.1, 0.15) is 32.0 Å². The lowest BCUT2D eigenvalue weighted by atomic mass is 10.1. The molecule has 5 nitrogen and oxygen atoms in total. The second-order valence-corrected chi connectivity index (χ2v) is 7.42. The molecule has 1 amide bonds. The highest BCUT2D eigenvalue weighted by molar-refractivity contribution is 6.30. The third-order valence-corrected chi connectivity index (χ3v) is 5.20. The molecular formula is C24H19ClN2O3. The maximum absolute atomic E-state index is 13.0. The number of nitrogens with one attached hydrogen (secondary N) is 1. The van der Waals surface area contributed by atoms with Crippen molar-refractivity contribution in [3.05, 3.63) is 106 Å². The van der Waals surface area contributed by atoms with Crippen LogP contribution in [0.2, 0.25) is 5.02 Å². The van der Waals surface area contributed by atoms with Crippen molar-refractivity contribution < 1.29 is 14.7 Å². The molecule has 0 aliphatic carbocycles. The van der Waals surface area contributed by atoms with E-state index in [1.54, 1.807) is 12.1 Å². The fourth-order valence-electron chi connectivity index (χ4n) is 3.38. The lowest BCUT2D eigenvalue weighted by Gasteiger charge is -2.12. The monoisotopic (exact) mass is 418 g/mol. The van der Waals surface area contributed by atoms with E-state index in [2.05, 4.69) is 5.32 Å². The van der Waals surface area contributed by atoms with Crippen molar-refractivity contribution in [2.75, 3.05) is 0 Å². The zero-order chi connectivity index (χ0) is 21.1. The largest absolute Gasteiger partial charge is 0.478 e. The van der Waals surface area contributed by atoms with Gasteiger partial charge in [-0.25, -0.2) is 4.79 Å². The Morgan fingerprint density at radius 3 is 2.27 bits per heavy atom. The second-order valence-electron chi connectivity index (χ2n) is 6.99. The third-order valence-electron chi connectivity index (χ3n) is 4.95. The molecule has 1 heterocycles. The van der Waals surface area contributed by atoms with E-state index in [0.717, 1.165) is 22.0 Å². The van der Waals surface area contributed by atoms with E-state index in [0.29, 0.717) is 23.8 Å². The SMILES string of the molecule is O=C(O)c1ccc(CNC(=O)c2cc3ccccc3n2Cc2ccc(Cl)cc2)cc1. The first-order chi connectivity index (χ1) is 14.5. The summed E-state index contributed by atoms with van der Waals surface area (Å²) in [6.45, 7) is 0.849. The molecule has 0 bridgehead atoms. The van der Waals surface area contributed by atoms with Crippen LogP contribution >= 0.6 is 11.6 Å². The molecule has 0 saturated carbocycles. The molecule has 6 heteroatoms. The van der Waals surface area contributed by atoms with Gasteiger partial charge in [0.2, 0.25) is 0 Å². The van der Waals surface area contributed by atoms with Gasteiger partial charge in [-0.15, -0.1) is 0 Å². The molecule has 0 saturated heterocycles. The topological polar surface area (TPSA) is 71.3 Å². The van der Waals surface area contributed by atoms with E-state index in [1.807, 2.05) is 59.2 Å². The van der Waals surface area contributed by atoms with Gasteiger partial charge >= 0.3 is 5.97 Å². The molecule has 30 heavy (non-hydrogen) atoms. The summed E-state index contributed by atoms with van der Waals surface area (Å²) >= 11 is 5.99. The summed E-state index contributed by atoms with van der Waals surface area (Å²) in [4.78, 5) is 24.0. The number of rotatable bonds is 6. The molecule has 0 atom stereocenters. The summed E-state index contributed by atoms with van der Waals surface area (Å²) in [7, 11) is 0. The first-order valence-corrected chi connectivity index (χ1v) is 9.82. The average Bonchev–Trinajstić information content (AvgIpc) is 3.12. The number of carbonyl (C=O) groups excluding carboxylic acids is 1. The first-order valence-electron chi connectivity index (χ1n) is 9.44. The molecule has 0 spiro atoms. The van der Waals surface area contributed by atoms with Gasteiger partial charge in [0, 0.05) is 29.0 Å². The number of nitrogens with zero attached hydrogens (tertiary/aromatic N) is 1. The third kappa shape index (κ3) is 4.21. The molecule has 0 aliphatic heterocycles. The van der Waals surface area contributed by atoms with Gasteiger partial charge in [0.1, 0.15) is 5.69 Å². The number of para-hydroxylation sites is 1. The van der Waals surface area contributed by atoms with Crippen molar-refractivity contribution in [2.24, 2.45) is 0 Å². The maximum Gasteiger partial charge on any atom is 0.335 e. The summed E-state index contributed by atoms with van der Waals surface area (Å²) in [6.07, 6.45) is 0. The molecule has 4 aromatic rings. The van der Waals surface area contributed by atoms with Gasteiger partial charge in [-0.2, -0.15) is 0 Å². The minimum atomic E-state index is -0.975. The van der Waals surface area contributed by atoms with E-state index in [9.17, 15) is 9.59 Å². The molecule has 0 radical (unpaired) electrons. The first kappa shape index (κ1) is 19.7. The Balaban J connectivity index is 1.58. The van der Waals surface area contributed by atoms with Crippen LogP contribution in [0.3, 0.4) is 0 Å². The number of halogens is 1. The van der Waals surface area contributed by atoms with E-state index in [1.165, 1.54) is 12.1 Å². The number of aromatic carboxylic acids is 1. The molecule has 2 N–H and O–H groups in total. The number of fused-ring (bicyclic) bond motifs is 1. The number of aromatic nitrogens is 1. The molecule has 150 valence electrons. The van der Waals surface area contributed by atoms with Gasteiger partial charge in [-0.1, -0.05) is 54.1 Å². The maximum atomic E-state index is 13.0. The zero-order valence-electron chi connectivity index (χ0n) is 16.0. The average molecular weight is 419 g/mol. The van der Waals surface area contributed by atoms with Crippen molar-refractivity contribution in [1.82, 2.24) is 9.88 Å². The Bertz CT molecular complexity index is 1210. The molecule has 0 unspecified atom stereocenters. The quantitative estimate of drug-likeness (QED) is 0.464. The number of hydrogen-bond acceptors (Lipinski definition) is 2. The summed E-state index contributed by atoms with van der Waals surface area (Å²) in [5.74, 6) is -1.17. The summed E-state index contributed by atoms with van der Waals surface area (Å²) in [6, 6.07) is 23.8. The van der Waals surface area contributed by atoms with Crippen LogP contribution in [0, 0.1) is 0 Å². The minimum Gasteiger partial charge on any atom is -0.478 e. The fourth-order valence-corrected chi connectivity index (χ4v) is 3.51. The predicted octanol–water partition coefficient (Wildman–Crippen LogP) is 4.97. The van der Waals surface area contributed by atoms with E-state index >= 15 is 0 Å². The number of benzene rings is 3. The van der Waals surface area contributed by atoms with Gasteiger partial charge in [-0.3, -0.25) is 4.79 Å². The zero-order valence-corrected chi connectivity index (χ0v) is 16.8. The highest BCUT2D eigenvalue weighted by atomic mass is 35.5. The van der Waals surface area contributed by atoms with Crippen molar-refractivity contribution in [3.63, 3.8) is 0 Å². The predicted molar refractivity (Wildman–Crippen MR) is 117 cm³/mol. The summed E-state index contributed by atoms with van der Waals surface area (Å²) in [5, 5.41) is 13.6. The molecule has 1 aromatic heterocycles. The van der Waals surface area contributed by atoms with Crippen LogP contribution in [0.5, 0.6) is 0 Å². The van der Waals surface area contributed by atoms with E-state index in [4.69, 9.17) is 16.7 Å². The number of hydrogen-bond donors (Lipinski definition) is 2. The van der Waals surface area contributed by atoms with Gasteiger partial charge < -0.3 is 15.0 Å². The van der Waals surface area contributed by atoms with Crippen LogP contribution in [0.15, 0.2) is 78.9 Å². The van der Waals surface area contributed by atoms with Crippen LogP contribution in [-0.2, 0) is 13.1 Å². The normalized spacial score (nSPS) is 10.8. The Labute approximate surface area is 178 Å². The Kier molecular flexibility index (Phi) is 5.55. The second kappa shape index (κ2) is 8.43. The Morgan fingerprint density at radius 2 is 1.57 bits per heavy atom. The lowest BCUT2D eigenvalue weighted by molar-refractivity contribution is 0.0696. The van der Waals surface area contributed by atoms with Crippen molar-refractivity contribution in [2.45, 2.75) is 13.1 Å².